The molecule has 0 unspecified atom stereocenters. The van der Waals surface area contributed by atoms with E-state index in [9.17, 15) is 14.7 Å². The van der Waals surface area contributed by atoms with Gasteiger partial charge in [0.2, 0.25) is 0 Å². The van der Waals surface area contributed by atoms with Crippen LogP contribution in [0.1, 0.15) is 5.56 Å². The van der Waals surface area contributed by atoms with Crippen molar-refractivity contribution in [2.45, 2.75) is 5.60 Å². The van der Waals surface area contributed by atoms with Crippen molar-refractivity contribution in [2.24, 2.45) is 0 Å². The van der Waals surface area contributed by atoms with E-state index in [-0.39, 0.29) is 5.56 Å². The summed E-state index contributed by atoms with van der Waals surface area (Å²) in [7, 11) is 2.02. The van der Waals surface area contributed by atoms with Crippen LogP contribution < -0.4 is 0 Å². The molecule has 0 saturated carbocycles. The molecular formula is C12H11ClN2O5. The molecule has 0 aliphatic heterocycles. The molecule has 1 atom stereocenters. The Balaban J connectivity index is 3.52. The molecule has 0 aromatic heterocycles. The Bertz CT molecular complexity index is 580. The standard InChI is InChI=1S/C12H11ClN2O5/c1-19-10(16)9(15-14)12(18,11(17)20-2)7-3-5-8(13)6-4-7/h3-6,18H,1-2H3/t12-/m1/s1. The second-order valence-electron chi connectivity index (χ2n) is 3.65. The lowest BCUT2D eigenvalue weighted by molar-refractivity contribution is -0.163. The van der Waals surface area contributed by atoms with Gasteiger partial charge < -0.3 is 20.1 Å². The first-order valence-electron chi connectivity index (χ1n) is 5.29. The van der Waals surface area contributed by atoms with Gasteiger partial charge in [-0.3, -0.25) is 0 Å². The summed E-state index contributed by atoms with van der Waals surface area (Å²) in [6.45, 7) is 0. The summed E-state index contributed by atoms with van der Waals surface area (Å²) in [4.78, 5) is 26.0. The number of benzene rings is 1. The van der Waals surface area contributed by atoms with Crippen molar-refractivity contribution < 1.29 is 29.0 Å². The Morgan fingerprint density at radius 3 is 2.20 bits per heavy atom. The Labute approximate surface area is 119 Å². The van der Waals surface area contributed by atoms with Crippen LogP contribution in [0.25, 0.3) is 5.53 Å². The highest BCUT2D eigenvalue weighted by molar-refractivity contribution is 6.41. The van der Waals surface area contributed by atoms with Gasteiger partial charge in [0.15, 0.2) is 0 Å². The van der Waals surface area contributed by atoms with Gasteiger partial charge in [0.05, 0.1) is 14.2 Å². The van der Waals surface area contributed by atoms with Gasteiger partial charge in [0, 0.05) is 10.6 Å². The van der Waals surface area contributed by atoms with Crippen LogP contribution in [0.4, 0.5) is 0 Å². The number of aliphatic hydroxyl groups is 1. The molecule has 1 aromatic rings. The number of rotatable bonds is 4. The molecule has 0 amide bonds. The fourth-order valence-corrected chi connectivity index (χ4v) is 1.67. The molecule has 20 heavy (non-hydrogen) atoms. The highest BCUT2D eigenvalue weighted by atomic mass is 35.5. The van der Waals surface area contributed by atoms with E-state index in [1.165, 1.54) is 24.3 Å². The number of ether oxygens (including phenoxy) is 2. The highest BCUT2D eigenvalue weighted by Crippen LogP contribution is 2.26. The van der Waals surface area contributed by atoms with Crippen LogP contribution in [0, 0.1) is 0 Å². The molecule has 0 fully saturated rings. The second kappa shape index (κ2) is 6.29. The third kappa shape index (κ3) is 2.70. The van der Waals surface area contributed by atoms with Gasteiger partial charge in [-0.05, 0) is 12.1 Å². The quantitative estimate of drug-likeness (QED) is 0.378. The predicted molar refractivity (Wildman–Crippen MR) is 68.0 cm³/mol. The highest BCUT2D eigenvalue weighted by Gasteiger charge is 2.55. The van der Waals surface area contributed by atoms with Gasteiger partial charge >= 0.3 is 17.7 Å². The molecule has 0 aliphatic carbocycles. The number of halogens is 1. The maximum atomic E-state index is 11.8. The molecule has 0 heterocycles. The minimum Gasteiger partial charge on any atom is -0.466 e. The lowest BCUT2D eigenvalue weighted by Gasteiger charge is -2.20. The van der Waals surface area contributed by atoms with Gasteiger partial charge in [-0.2, -0.15) is 4.79 Å². The van der Waals surface area contributed by atoms with Crippen LogP contribution in [-0.4, -0.2) is 41.8 Å². The predicted octanol–water partition coefficient (Wildman–Crippen LogP) is 0.544. The average Bonchev–Trinajstić information content (AvgIpc) is 2.47. The van der Waals surface area contributed by atoms with E-state index in [1.807, 2.05) is 0 Å². The largest absolute Gasteiger partial charge is 0.466 e. The van der Waals surface area contributed by atoms with E-state index >= 15 is 0 Å². The summed E-state index contributed by atoms with van der Waals surface area (Å²) >= 11 is 5.71. The Hall–Kier alpha value is -2.21. The Morgan fingerprint density at radius 1 is 1.25 bits per heavy atom. The van der Waals surface area contributed by atoms with E-state index in [1.54, 1.807) is 0 Å². The van der Waals surface area contributed by atoms with Crippen molar-refractivity contribution in [2.75, 3.05) is 14.2 Å². The zero-order valence-corrected chi connectivity index (χ0v) is 11.4. The second-order valence-corrected chi connectivity index (χ2v) is 4.09. The number of nitrogens with zero attached hydrogens (tertiary/aromatic N) is 2. The number of carbonyl (C=O) groups is 2. The number of carbonyl (C=O) groups excluding carboxylic acids is 2. The smallest absolute Gasteiger partial charge is 0.423 e. The maximum Gasteiger partial charge on any atom is 0.423 e. The van der Waals surface area contributed by atoms with Crippen LogP contribution in [0.5, 0.6) is 0 Å². The van der Waals surface area contributed by atoms with Crippen LogP contribution >= 0.6 is 11.6 Å². The monoisotopic (exact) mass is 298 g/mol. The molecule has 0 radical (unpaired) electrons. The minimum atomic E-state index is -2.61. The van der Waals surface area contributed by atoms with E-state index in [4.69, 9.17) is 17.1 Å². The number of hydrogen-bond donors (Lipinski definition) is 1. The molecule has 8 heteroatoms. The fraction of sp³-hybridized carbons (Fsp3) is 0.250. The summed E-state index contributed by atoms with van der Waals surface area (Å²) in [6, 6.07) is 5.34. The topological polar surface area (TPSA) is 109 Å². The van der Waals surface area contributed by atoms with Crippen LogP contribution in [0.2, 0.25) is 5.02 Å². The summed E-state index contributed by atoms with van der Waals surface area (Å²) in [5.74, 6) is -2.40. The van der Waals surface area contributed by atoms with E-state index in [2.05, 4.69) is 14.3 Å². The van der Waals surface area contributed by atoms with E-state index in [0.29, 0.717) is 5.02 Å². The fourth-order valence-electron chi connectivity index (χ4n) is 1.55. The van der Waals surface area contributed by atoms with Gasteiger partial charge in [-0.15, -0.1) is 0 Å². The molecule has 0 saturated heterocycles. The number of esters is 2. The molecule has 0 spiro atoms. The summed E-state index contributed by atoms with van der Waals surface area (Å²) < 4.78 is 8.82. The van der Waals surface area contributed by atoms with Crippen molar-refractivity contribution in [1.82, 2.24) is 0 Å². The molecule has 7 nitrogen and oxygen atoms in total. The molecule has 1 rings (SSSR count). The third-order valence-corrected chi connectivity index (χ3v) is 2.82. The van der Waals surface area contributed by atoms with Gasteiger partial charge in [-0.25, -0.2) is 9.59 Å². The lowest BCUT2D eigenvalue weighted by atomic mass is 9.88. The van der Waals surface area contributed by atoms with Crippen molar-refractivity contribution in [3.05, 3.63) is 40.4 Å². The molecule has 1 N–H and O–H groups in total. The molecule has 106 valence electrons. The van der Waals surface area contributed by atoms with Crippen molar-refractivity contribution >= 4 is 29.3 Å². The zero-order valence-electron chi connectivity index (χ0n) is 10.7. The molecule has 1 aromatic carbocycles. The van der Waals surface area contributed by atoms with Gasteiger partial charge in [0.25, 0.3) is 5.60 Å². The summed E-state index contributed by atoms with van der Waals surface area (Å²) in [6.07, 6.45) is 0. The van der Waals surface area contributed by atoms with Gasteiger partial charge in [0.1, 0.15) is 0 Å². The molecule has 0 aliphatic rings. The SMILES string of the molecule is COC(=O)C(=[N+]=[N-])[C@@](O)(C(=O)OC)c1ccc(Cl)cc1. The normalized spacial score (nSPS) is 12.8. The van der Waals surface area contributed by atoms with Crippen molar-refractivity contribution in [3.63, 3.8) is 0 Å². The van der Waals surface area contributed by atoms with Crippen LogP contribution in [0.3, 0.4) is 0 Å². The maximum absolute atomic E-state index is 11.8. The minimum absolute atomic E-state index is 0.0630. The van der Waals surface area contributed by atoms with Crippen molar-refractivity contribution in [3.8, 4) is 0 Å². The first-order chi connectivity index (χ1) is 9.41. The first kappa shape index (κ1) is 15.8. The summed E-state index contributed by atoms with van der Waals surface area (Å²) in [5, 5.41) is 10.8. The first-order valence-corrected chi connectivity index (χ1v) is 5.67. The Morgan fingerprint density at radius 2 is 1.80 bits per heavy atom. The average molecular weight is 299 g/mol. The number of hydrogen-bond acceptors (Lipinski definition) is 5. The zero-order chi connectivity index (χ0) is 15.3. The Kier molecular flexibility index (Phi) is 4.99. The van der Waals surface area contributed by atoms with Crippen LogP contribution in [0.15, 0.2) is 24.3 Å². The van der Waals surface area contributed by atoms with Crippen molar-refractivity contribution in [1.29, 1.82) is 0 Å². The van der Waals surface area contributed by atoms with E-state index in [0.717, 1.165) is 14.2 Å². The number of methoxy groups -OCH3 is 2. The lowest BCUT2D eigenvalue weighted by Crippen LogP contribution is -2.49. The van der Waals surface area contributed by atoms with E-state index < -0.39 is 23.3 Å². The summed E-state index contributed by atoms with van der Waals surface area (Å²) in [5.41, 5.74) is 5.32. The molecule has 0 bridgehead atoms. The third-order valence-electron chi connectivity index (χ3n) is 2.56. The van der Waals surface area contributed by atoms with Gasteiger partial charge in [-0.1, -0.05) is 23.7 Å². The van der Waals surface area contributed by atoms with Crippen LogP contribution in [-0.2, 0) is 24.7 Å². The molecular weight excluding hydrogens is 288 g/mol.